The summed E-state index contributed by atoms with van der Waals surface area (Å²) >= 11 is 3.36. The Balaban J connectivity index is 1.54. The highest BCUT2D eigenvalue weighted by Gasteiger charge is 2.12. The molecule has 0 atom stereocenters. The zero-order chi connectivity index (χ0) is 20.8. The zero-order valence-corrected chi connectivity index (χ0v) is 17.1. The lowest BCUT2D eigenvalue weighted by Crippen LogP contribution is -2.34. The molecular weight excluding hydrogens is 441 g/mol. The number of ether oxygens (including phenoxy) is 1. The first-order valence-corrected chi connectivity index (χ1v) is 9.42. The molecule has 7 nitrogen and oxygen atoms in total. The number of aromatic nitrogens is 2. The second-order valence-electron chi connectivity index (χ2n) is 6.08. The van der Waals surface area contributed by atoms with Gasteiger partial charge in [0.2, 0.25) is 0 Å². The first-order chi connectivity index (χ1) is 14.0. The van der Waals surface area contributed by atoms with Crippen LogP contribution in [-0.4, -0.2) is 40.9 Å². The molecule has 0 spiro atoms. The quantitative estimate of drug-likeness (QED) is 0.601. The second-order valence-corrected chi connectivity index (χ2v) is 6.99. The number of nitriles is 1. The monoisotopic (exact) mass is 457 g/mol. The maximum absolute atomic E-state index is 14.1. The van der Waals surface area contributed by atoms with Gasteiger partial charge >= 0.3 is 6.03 Å². The Morgan fingerprint density at radius 3 is 2.76 bits per heavy atom. The maximum atomic E-state index is 14.1. The molecule has 9 heteroatoms. The van der Waals surface area contributed by atoms with Crippen LogP contribution in [0.2, 0.25) is 0 Å². The third-order valence-corrected chi connectivity index (χ3v) is 4.53. The van der Waals surface area contributed by atoms with Gasteiger partial charge in [-0.15, -0.1) is 5.10 Å². The number of anilines is 1. The lowest BCUT2D eigenvalue weighted by molar-refractivity contribution is 0.207. The van der Waals surface area contributed by atoms with Crippen molar-refractivity contribution in [1.82, 2.24) is 14.7 Å². The summed E-state index contributed by atoms with van der Waals surface area (Å²) in [4.78, 5) is 13.7. The van der Waals surface area contributed by atoms with Crippen LogP contribution in [0.1, 0.15) is 5.56 Å². The predicted octanol–water partition coefficient (Wildman–Crippen LogP) is 4.19. The summed E-state index contributed by atoms with van der Waals surface area (Å²) in [7, 11) is 1.64. The number of urea groups is 1. The Kier molecular flexibility index (Phi) is 6.46. The van der Waals surface area contributed by atoms with E-state index in [4.69, 9.17) is 10.00 Å². The highest BCUT2D eigenvalue weighted by molar-refractivity contribution is 9.10. The molecule has 1 aromatic heterocycles. The molecule has 2 amide bonds. The van der Waals surface area contributed by atoms with Gasteiger partial charge in [0, 0.05) is 23.8 Å². The third-order valence-electron chi connectivity index (χ3n) is 4.00. The van der Waals surface area contributed by atoms with Crippen molar-refractivity contribution in [3.8, 4) is 17.5 Å². The minimum Gasteiger partial charge on any atom is -0.492 e. The van der Waals surface area contributed by atoms with Gasteiger partial charge in [-0.3, -0.25) is 5.32 Å². The van der Waals surface area contributed by atoms with Crippen LogP contribution in [0.25, 0.3) is 5.69 Å². The number of nitrogens with one attached hydrogen (secondary N) is 1. The van der Waals surface area contributed by atoms with Gasteiger partial charge in [-0.1, -0.05) is 15.9 Å². The molecule has 1 heterocycles. The number of hydrogen-bond donors (Lipinski definition) is 1. The van der Waals surface area contributed by atoms with E-state index >= 15 is 0 Å². The topological polar surface area (TPSA) is 83.2 Å². The molecule has 0 aliphatic heterocycles. The summed E-state index contributed by atoms with van der Waals surface area (Å²) in [5.41, 5.74) is 0.402. The van der Waals surface area contributed by atoms with Gasteiger partial charge in [0.05, 0.1) is 18.2 Å². The number of nitrogens with zero attached hydrogens (tertiary/aromatic N) is 4. The van der Waals surface area contributed by atoms with E-state index in [9.17, 15) is 9.18 Å². The largest absolute Gasteiger partial charge is 0.492 e. The van der Waals surface area contributed by atoms with E-state index in [0.29, 0.717) is 18.9 Å². The van der Waals surface area contributed by atoms with Crippen molar-refractivity contribution in [2.24, 2.45) is 0 Å². The molecule has 0 aliphatic carbocycles. The van der Waals surface area contributed by atoms with E-state index < -0.39 is 5.82 Å². The van der Waals surface area contributed by atoms with Gasteiger partial charge in [-0.25, -0.2) is 13.9 Å². The van der Waals surface area contributed by atoms with Gasteiger partial charge in [-0.2, -0.15) is 5.26 Å². The lowest BCUT2D eigenvalue weighted by atomic mass is 10.2. The molecule has 0 radical (unpaired) electrons. The number of likely N-dealkylation sites (N-methyl/N-ethyl adjacent to an activating group) is 1. The minimum atomic E-state index is -0.577. The fourth-order valence-corrected chi connectivity index (χ4v) is 2.69. The Morgan fingerprint density at radius 1 is 1.31 bits per heavy atom. The lowest BCUT2D eigenvalue weighted by Gasteiger charge is -2.17. The van der Waals surface area contributed by atoms with Gasteiger partial charge in [0.25, 0.3) is 0 Å². The summed E-state index contributed by atoms with van der Waals surface area (Å²) in [6.45, 7) is 0.698. The van der Waals surface area contributed by atoms with Gasteiger partial charge in [0.15, 0.2) is 5.82 Å². The number of halogens is 2. The van der Waals surface area contributed by atoms with Crippen molar-refractivity contribution in [2.45, 2.75) is 0 Å². The average molecular weight is 458 g/mol. The van der Waals surface area contributed by atoms with Crippen LogP contribution in [-0.2, 0) is 0 Å². The van der Waals surface area contributed by atoms with Gasteiger partial charge < -0.3 is 9.64 Å². The van der Waals surface area contributed by atoms with Crippen molar-refractivity contribution in [1.29, 1.82) is 5.26 Å². The average Bonchev–Trinajstić information content (AvgIpc) is 3.17. The molecule has 0 fully saturated rings. The molecule has 0 bridgehead atoms. The molecule has 148 valence electrons. The summed E-state index contributed by atoms with van der Waals surface area (Å²) in [6, 6.07) is 14.6. The molecule has 1 N–H and O–H groups in total. The van der Waals surface area contributed by atoms with Crippen LogP contribution in [0.3, 0.4) is 0 Å². The minimum absolute atomic E-state index is 0.181. The Bertz CT molecular complexity index is 1050. The van der Waals surface area contributed by atoms with E-state index in [0.717, 1.165) is 10.5 Å². The molecule has 0 aliphatic rings. The zero-order valence-electron chi connectivity index (χ0n) is 15.5. The highest BCUT2D eigenvalue weighted by atomic mass is 79.9. The number of rotatable bonds is 6. The molecule has 3 rings (SSSR count). The second kappa shape index (κ2) is 9.21. The Hall–Kier alpha value is -3.38. The molecule has 2 aromatic carbocycles. The third kappa shape index (κ3) is 5.33. The molecular formula is C20H17BrFN5O2. The number of benzene rings is 2. The molecule has 0 saturated heterocycles. The van der Waals surface area contributed by atoms with E-state index in [2.05, 4.69) is 26.3 Å². The van der Waals surface area contributed by atoms with Gasteiger partial charge in [-0.05, 0) is 42.5 Å². The SMILES string of the molecule is CN(CCOc1ccc(Br)cc1)C(=O)Nc1ccn(-c2ccc(C#N)cc2F)n1. The van der Waals surface area contributed by atoms with Crippen LogP contribution >= 0.6 is 15.9 Å². The highest BCUT2D eigenvalue weighted by Crippen LogP contribution is 2.17. The molecule has 29 heavy (non-hydrogen) atoms. The molecule has 0 saturated carbocycles. The molecule has 3 aromatic rings. The standard InChI is InChI=1S/C20H17BrFN5O2/c1-26(10-11-29-16-5-3-15(21)4-6-16)20(28)24-19-8-9-27(25-19)18-7-2-14(13-23)12-17(18)22/h2-9,12H,10-11H2,1H3,(H,24,25,28). The normalized spacial score (nSPS) is 10.3. The number of amides is 2. The Labute approximate surface area is 175 Å². The van der Waals surface area contributed by atoms with E-state index in [1.54, 1.807) is 13.1 Å². The number of carbonyl (C=O) groups excluding carboxylic acids is 1. The van der Waals surface area contributed by atoms with Crippen LogP contribution in [0.5, 0.6) is 5.75 Å². The first-order valence-electron chi connectivity index (χ1n) is 8.62. The van der Waals surface area contributed by atoms with Crippen LogP contribution in [0.15, 0.2) is 59.2 Å². The van der Waals surface area contributed by atoms with Crippen molar-refractivity contribution < 1.29 is 13.9 Å². The van der Waals surface area contributed by atoms with Gasteiger partial charge in [0.1, 0.15) is 23.9 Å². The smallest absolute Gasteiger partial charge is 0.322 e. The summed E-state index contributed by atoms with van der Waals surface area (Å²) in [5, 5.41) is 15.6. The fourth-order valence-electron chi connectivity index (χ4n) is 2.42. The predicted molar refractivity (Wildman–Crippen MR) is 110 cm³/mol. The fraction of sp³-hybridized carbons (Fsp3) is 0.150. The van der Waals surface area contributed by atoms with Crippen LogP contribution < -0.4 is 10.1 Å². The van der Waals surface area contributed by atoms with Crippen molar-refractivity contribution in [3.63, 3.8) is 0 Å². The van der Waals surface area contributed by atoms with Crippen LogP contribution in [0.4, 0.5) is 15.0 Å². The number of carbonyl (C=O) groups is 1. The van der Waals surface area contributed by atoms with Crippen molar-refractivity contribution in [2.75, 3.05) is 25.5 Å². The van der Waals surface area contributed by atoms with Crippen LogP contribution in [0, 0.1) is 17.1 Å². The summed E-state index contributed by atoms with van der Waals surface area (Å²) in [6.07, 6.45) is 1.52. The van der Waals surface area contributed by atoms with Crippen molar-refractivity contribution in [3.05, 3.63) is 70.6 Å². The first kappa shape index (κ1) is 20.4. The van der Waals surface area contributed by atoms with E-state index in [1.165, 1.54) is 27.9 Å². The molecule has 0 unspecified atom stereocenters. The summed E-state index contributed by atoms with van der Waals surface area (Å²) < 4.78 is 22.0. The maximum Gasteiger partial charge on any atom is 0.322 e. The van der Waals surface area contributed by atoms with E-state index in [1.807, 2.05) is 30.3 Å². The van der Waals surface area contributed by atoms with E-state index in [-0.39, 0.29) is 23.1 Å². The van der Waals surface area contributed by atoms with Crippen molar-refractivity contribution >= 4 is 27.8 Å². The number of hydrogen-bond acceptors (Lipinski definition) is 4. The Morgan fingerprint density at radius 2 is 2.07 bits per heavy atom. The summed E-state index contributed by atoms with van der Waals surface area (Å²) in [5.74, 6) is 0.414.